The van der Waals surface area contributed by atoms with E-state index >= 15 is 0 Å². The molecule has 1 N–H and O–H groups in total. The molecule has 1 atom stereocenters. The van der Waals surface area contributed by atoms with Gasteiger partial charge in [-0.15, -0.1) is 0 Å². The number of ether oxygens (including phenoxy) is 1. The van der Waals surface area contributed by atoms with Crippen molar-refractivity contribution >= 4 is 11.5 Å². The number of carbonyl (C=O) groups is 1. The second-order valence-corrected chi connectivity index (χ2v) is 10.4. The number of nitrogens with one attached hydrogen (secondary N) is 1. The summed E-state index contributed by atoms with van der Waals surface area (Å²) in [5.74, 6) is 0.957. The standard InChI is InChI=1S/C27H31NO2/c1-25(2,3)19-16-27(17-20(23(19)29)26(4,5)6)24(18-12-8-7-9-13-18)30-22-15-11-10-14-21(22)28-27/h7-17,24,28H,1-6H3/t24-/m1/s1. The molecule has 0 saturated heterocycles. The van der Waals surface area contributed by atoms with Gasteiger partial charge < -0.3 is 10.1 Å². The SMILES string of the molecule is CC(C)(C)C1=CC2(C=C(C(C)(C)C)C1=O)Nc1ccccc1O[C@@H]2c1ccccc1. The summed E-state index contributed by atoms with van der Waals surface area (Å²) >= 11 is 0. The van der Waals surface area contributed by atoms with E-state index in [-0.39, 0.29) is 22.7 Å². The second kappa shape index (κ2) is 6.87. The number of ketones is 1. The monoisotopic (exact) mass is 401 g/mol. The lowest BCUT2D eigenvalue weighted by Crippen LogP contribution is -2.50. The molecular formula is C27H31NO2. The summed E-state index contributed by atoms with van der Waals surface area (Å²) in [5, 5.41) is 3.76. The molecule has 2 aromatic carbocycles. The maximum Gasteiger partial charge on any atom is 0.185 e. The van der Waals surface area contributed by atoms with Crippen LogP contribution in [0.5, 0.6) is 5.75 Å². The molecule has 1 spiro atoms. The van der Waals surface area contributed by atoms with Gasteiger partial charge in [0.15, 0.2) is 11.9 Å². The molecule has 30 heavy (non-hydrogen) atoms. The Morgan fingerprint density at radius 2 is 1.33 bits per heavy atom. The van der Waals surface area contributed by atoms with E-state index in [1.54, 1.807) is 0 Å². The van der Waals surface area contributed by atoms with Crippen LogP contribution in [0.25, 0.3) is 0 Å². The Kier molecular flexibility index (Phi) is 4.68. The zero-order valence-electron chi connectivity index (χ0n) is 18.7. The van der Waals surface area contributed by atoms with Gasteiger partial charge in [-0.05, 0) is 40.7 Å². The highest BCUT2D eigenvalue weighted by Crippen LogP contribution is 2.50. The van der Waals surface area contributed by atoms with Crippen molar-refractivity contribution in [3.8, 4) is 5.75 Å². The van der Waals surface area contributed by atoms with Gasteiger partial charge in [0.2, 0.25) is 0 Å². The van der Waals surface area contributed by atoms with Crippen LogP contribution < -0.4 is 10.1 Å². The van der Waals surface area contributed by atoms with Crippen LogP contribution in [0.1, 0.15) is 53.2 Å². The van der Waals surface area contributed by atoms with Crippen molar-refractivity contribution in [1.82, 2.24) is 0 Å². The molecule has 0 aromatic heterocycles. The van der Waals surface area contributed by atoms with E-state index < -0.39 is 5.54 Å². The quantitative estimate of drug-likeness (QED) is 0.593. The molecule has 3 heteroatoms. The maximum absolute atomic E-state index is 13.5. The molecule has 0 fully saturated rings. The first kappa shape index (κ1) is 20.5. The summed E-state index contributed by atoms with van der Waals surface area (Å²) in [5.41, 5.74) is 2.44. The largest absolute Gasteiger partial charge is 0.480 e. The highest BCUT2D eigenvalue weighted by Gasteiger charge is 2.48. The Hall–Kier alpha value is -2.81. The van der Waals surface area contributed by atoms with Crippen LogP contribution in [0, 0.1) is 10.8 Å². The lowest BCUT2D eigenvalue weighted by atomic mass is 9.67. The molecule has 1 aliphatic carbocycles. The number of benzene rings is 2. The maximum atomic E-state index is 13.5. The van der Waals surface area contributed by atoms with Crippen molar-refractivity contribution < 1.29 is 9.53 Å². The summed E-state index contributed by atoms with van der Waals surface area (Å²) in [7, 11) is 0. The number of hydrogen-bond acceptors (Lipinski definition) is 3. The highest BCUT2D eigenvalue weighted by molar-refractivity contribution is 6.11. The van der Waals surface area contributed by atoms with Crippen LogP contribution in [-0.4, -0.2) is 11.3 Å². The van der Waals surface area contributed by atoms with Crippen LogP contribution in [0.3, 0.4) is 0 Å². The Balaban J connectivity index is 2.00. The summed E-state index contributed by atoms with van der Waals surface area (Å²) in [6.07, 6.45) is 3.92. The van der Waals surface area contributed by atoms with Crippen LogP contribution in [0.4, 0.5) is 5.69 Å². The molecule has 0 bridgehead atoms. The number of allylic oxidation sites excluding steroid dienone is 2. The van der Waals surface area contributed by atoms with E-state index in [1.165, 1.54) is 0 Å². The number of carbonyl (C=O) groups excluding carboxylic acids is 1. The number of para-hydroxylation sites is 2. The van der Waals surface area contributed by atoms with Crippen molar-refractivity contribution in [2.24, 2.45) is 10.8 Å². The van der Waals surface area contributed by atoms with Gasteiger partial charge in [-0.25, -0.2) is 0 Å². The lowest BCUT2D eigenvalue weighted by Gasteiger charge is -2.47. The van der Waals surface area contributed by atoms with Gasteiger partial charge in [0.25, 0.3) is 0 Å². The summed E-state index contributed by atoms with van der Waals surface area (Å²) < 4.78 is 6.61. The first-order valence-electron chi connectivity index (χ1n) is 10.6. The summed E-state index contributed by atoms with van der Waals surface area (Å²) in [4.78, 5) is 13.5. The van der Waals surface area contributed by atoms with Gasteiger partial charge in [0.05, 0.1) is 5.69 Å². The Bertz CT molecular complexity index is 999. The predicted octanol–water partition coefficient (Wildman–Crippen LogP) is 6.50. The average Bonchev–Trinajstić information content (AvgIpc) is 2.68. The average molecular weight is 402 g/mol. The van der Waals surface area contributed by atoms with Crippen molar-refractivity contribution in [1.29, 1.82) is 0 Å². The lowest BCUT2D eigenvalue weighted by molar-refractivity contribution is -0.114. The minimum atomic E-state index is -0.658. The zero-order valence-corrected chi connectivity index (χ0v) is 18.7. The third-order valence-corrected chi connectivity index (χ3v) is 5.89. The van der Waals surface area contributed by atoms with Gasteiger partial charge in [-0.2, -0.15) is 0 Å². The van der Waals surface area contributed by atoms with E-state index in [2.05, 4.69) is 71.1 Å². The van der Waals surface area contributed by atoms with Crippen molar-refractivity contribution in [3.63, 3.8) is 0 Å². The summed E-state index contributed by atoms with van der Waals surface area (Å²) in [6.45, 7) is 12.6. The number of anilines is 1. The van der Waals surface area contributed by atoms with E-state index in [0.717, 1.165) is 28.1 Å². The molecule has 0 unspecified atom stereocenters. The minimum Gasteiger partial charge on any atom is -0.480 e. The molecule has 2 aromatic rings. The molecule has 0 saturated carbocycles. The van der Waals surface area contributed by atoms with Crippen molar-refractivity contribution in [2.45, 2.75) is 53.2 Å². The number of fused-ring (bicyclic) bond motifs is 1. The first-order valence-corrected chi connectivity index (χ1v) is 10.6. The molecule has 156 valence electrons. The molecule has 3 nitrogen and oxygen atoms in total. The molecule has 1 aliphatic heterocycles. The van der Waals surface area contributed by atoms with Gasteiger partial charge in [0, 0.05) is 11.1 Å². The normalized spacial score (nSPS) is 20.6. The molecule has 2 aliphatic rings. The van der Waals surface area contributed by atoms with Gasteiger partial charge in [-0.1, -0.05) is 84.0 Å². The Morgan fingerprint density at radius 3 is 1.90 bits per heavy atom. The van der Waals surface area contributed by atoms with E-state index in [1.807, 2.05) is 42.5 Å². The molecule has 1 heterocycles. The van der Waals surface area contributed by atoms with Crippen LogP contribution in [-0.2, 0) is 4.79 Å². The summed E-state index contributed by atoms with van der Waals surface area (Å²) in [6, 6.07) is 18.3. The molecule has 0 amide bonds. The van der Waals surface area contributed by atoms with Crippen molar-refractivity contribution in [2.75, 3.05) is 5.32 Å². The van der Waals surface area contributed by atoms with Crippen molar-refractivity contribution in [3.05, 3.63) is 83.5 Å². The third-order valence-electron chi connectivity index (χ3n) is 5.89. The third kappa shape index (κ3) is 3.47. The van der Waals surface area contributed by atoms with Crippen LogP contribution in [0.15, 0.2) is 77.9 Å². The fourth-order valence-corrected chi connectivity index (χ4v) is 4.30. The fourth-order valence-electron chi connectivity index (χ4n) is 4.30. The van der Waals surface area contributed by atoms with Gasteiger partial charge in [-0.3, -0.25) is 4.79 Å². The topological polar surface area (TPSA) is 38.3 Å². The highest BCUT2D eigenvalue weighted by atomic mass is 16.5. The predicted molar refractivity (Wildman–Crippen MR) is 123 cm³/mol. The number of hydrogen-bond donors (Lipinski definition) is 1. The van der Waals surface area contributed by atoms with E-state index in [0.29, 0.717) is 0 Å². The number of Topliss-reactive ketones (excluding diaryl/α,β-unsaturated/α-hetero) is 1. The second-order valence-electron chi connectivity index (χ2n) is 10.4. The smallest absolute Gasteiger partial charge is 0.185 e. The van der Waals surface area contributed by atoms with Gasteiger partial charge >= 0.3 is 0 Å². The molecular weight excluding hydrogens is 370 g/mol. The fraction of sp³-hybridized carbons (Fsp3) is 0.370. The zero-order chi connectivity index (χ0) is 21.7. The molecule has 4 rings (SSSR count). The van der Waals surface area contributed by atoms with Crippen LogP contribution >= 0.6 is 0 Å². The number of rotatable bonds is 1. The van der Waals surface area contributed by atoms with E-state index in [4.69, 9.17) is 4.74 Å². The minimum absolute atomic E-state index is 0.132. The first-order chi connectivity index (χ1) is 14.0. The van der Waals surface area contributed by atoms with Crippen LogP contribution in [0.2, 0.25) is 0 Å². The molecule has 0 radical (unpaired) electrons. The Labute approximate surface area is 179 Å². The van der Waals surface area contributed by atoms with E-state index in [9.17, 15) is 4.79 Å². The van der Waals surface area contributed by atoms with Gasteiger partial charge in [0.1, 0.15) is 11.3 Å². The Morgan fingerprint density at radius 1 is 0.800 bits per heavy atom.